The van der Waals surface area contributed by atoms with Gasteiger partial charge in [0, 0.05) is 55.7 Å². The van der Waals surface area contributed by atoms with Gasteiger partial charge < -0.3 is 25.4 Å². The minimum Gasteiger partial charge on any atom is -0.504 e. The molecule has 46 heavy (non-hydrogen) atoms. The van der Waals surface area contributed by atoms with Gasteiger partial charge in [-0.15, -0.1) is 0 Å². The van der Waals surface area contributed by atoms with E-state index in [1.807, 2.05) is 0 Å². The highest BCUT2D eigenvalue weighted by molar-refractivity contribution is 6.38. The van der Waals surface area contributed by atoms with Crippen molar-refractivity contribution < 1.29 is 48.8 Å². The Bertz CT molecular complexity index is 1850. The first-order chi connectivity index (χ1) is 21.6. The van der Waals surface area contributed by atoms with Gasteiger partial charge in [-0.25, -0.2) is 0 Å². The molecule has 0 bridgehead atoms. The Kier molecular flexibility index (Phi) is 8.33. The maximum absolute atomic E-state index is 14.2. The van der Waals surface area contributed by atoms with Crippen molar-refractivity contribution >= 4 is 35.4 Å². The third-order valence-corrected chi connectivity index (χ3v) is 9.03. The molecule has 2 aromatic rings. The number of hydrogen-bond donors (Lipinski definition) is 4. The molecule has 1 fully saturated rings. The van der Waals surface area contributed by atoms with Crippen LogP contribution in [0.25, 0.3) is 0 Å². The Hall–Kier alpha value is -4.90. The zero-order chi connectivity index (χ0) is 33.9. The van der Waals surface area contributed by atoms with E-state index in [-0.39, 0.29) is 56.6 Å². The van der Waals surface area contributed by atoms with Crippen molar-refractivity contribution in [1.82, 2.24) is 5.32 Å². The molecule has 240 valence electrons. The summed E-state index contributed by atoms with van der Waals surface area (Å²) in [6, 6.07) is 1.02. The van der Waals surface area contributed by atoms with Crippen LogP contribution < -0.4 is 10.1 Å². The highest BCUT2D eigenvalue weighted by Crippen LogP contribution is 2.49. The van der Waals surface area contributed by atoms with Crippen LogP contribution in [0.4, 0.5) is 0 Å². The average molecular weight is 630 g/mol. The summed E-state index contributed by atoms with van der Waals surface area (Å²) in [6.45, 7) is 10.6. The number of phenols is 3. The second-order valence-corrected chi connectivity index (χ2v) is 12.5. The van der Waals surface area contributed by atoms with E-state index in [1.165, 1.54) is 13.8 Å². The van der Waals surface area contributed by atoms with Crippen molar-refractivity contribution in [3.63, 3.8) is 0 Å². The zero-order valence-electron chi connectivity index (χ0n) is 26.4. The molecule has 11 nitrogen and oxygen atoms in total. The van der Waals surface area contributed by atoms with Gasteiger partial charge in [-0.05, 0) is 57.7 Å². The van der Waals surface area contributed by atoms with Crippen LogP contribution >= 0.6 is 0 Å². The standard InChI is InChI=1S/C35H35NO10/c1-13(2)21-27-26(19(12-37)31(42)33(21)44)32(43)24(16(6)29(27)40)23-15(5)28(39)25-18(30(23)41)11-20(38)34(22(25)14(3)4)46-35(45)17-7-9-36-10-8-17/h11-14,17,36,38,42,44H,7-10H2,1-6H3. The van der Waals surface area contributed by atoms with Crippen molar-refractivity contribution in [3.05, 3.63) is 67.3 Å². The van der Waals surface area contributed by atoms with Gasteiger partial charge >= 0.3 is 5.97 Å². The van der Waals surface area contributed by atoms with E-state index in [1.54, 1.807) is 27.7 Å². The Morgan fingerprint density at radius 2 is 1.35 bits per heavy atom. The first-order valence-electron chi connectivity index (χ1n) is 15.2. The number of aromatic hydroxyl groups is 3. The maximum atomic E-state index is 14.2. The fraction of sp³-hybridized carbons (Fsp3) is 0.371. The molecule has 11 heteroatoms. The number of ketones is 4. The van der Waals surface area contributed by atoms with Crippen LogP contribution in [-0.2, 0) is 4.79 Å². The Labute approximate surface area is 265 Å². The normalized spacial score (nSPS) is 17.2. The smallest absolute Gasteiger partial charge is 0.314 e. The summed E-state index contributed by atoms with van der Waals surface area (Å²) in [5.74, 6) is -7.57. The minimum absolute atomic E-state index is 0.0324. The number of carbonyl (C=O) groups is 6. The van der Waals surface area contributed by atoms with Crippen LogP contribution in [0.2, 0.25) is 0 Å². The summed E-state index contributed by atoms with van der Waals surface area (Å²) < 4.78 is 5.69. The van der Waals surface area contributed by atoms with Crippen LogP contribution in [0, 0.1) is 5.92 Å². The van der Waals surface area contributed by atoms with E-state index in [0.29, 0.717) is 25.9 Å². The van der Waals surface area contributed by atoms with Gasteiger partial charge in [-0.2, -0.15) is 0 Å². The monoisotopic (exact) mass is 629 g/mol. The summed E-state index contributed by atoms with van der Waals surface area (Å²) in [7, 11) is 0. The van der Waals surface area contributed by atoms with Gasteiger partial charge in [0.15, 0.2) is 52.4 Å². The molecular formula is C35H35NO10. The number of fused-ring (bicyclic) bond motifs is 2. The third kappa shape index (κ3) is 4.77. The summed E-state index contributed by atoms with van der Waals surface area (Å²) in [4.78, 5) is 81.5. The molecule has 2 aromatic carbocycles. The summed E-state index contributed by atoms with van der Waals surface area (Å²) >= 11 is 0. The van der Waals surface area contributed by atoms with E-state index in [4.69, 9.17) is 4.74 Å². The number of Topliss-reactive ketones (excluding diaryl/α,β-unsaturated/α-hetero) is 4. The van der Waals surface area contributed by atoms with E-state index < -0.39 is 80.8 Å². The Balaban J connectivity index is 1.70. The molecule has 1 heterocycles. The number of esters is 1. The number of piperidine rings is 1. The Morgan fingerprint density at radius 1 is 0.804 bits per heavy atom. The van der Waals surface area contributed by atoms with Crippen molar-refractivity contribution in [2.24, 2.45) is 5.92 Å². The molecule has 0 spiro atoms. The zero-order valence-corrected chi connectivity index (χ0v) is 26.4. The third-order valence-electron chi connectivity index (χ3n) is 9.03. The van der Waals surface area contributed by atoms with Crippen LogP contribution in [0.15, 0.2) is 28.4 Å². The summed E-state index contributed by atoms with van der Waals surface area (Å²) in [6.07, 6.45) is 1.22. The fourth-order valence-corrected chi connectivity index (χ4v) is 6.71. The Morgan fingerprint density at radius 3 is 1.89 bits per heavy atom. The van der Waals surface area contributed by atoms with Gasteiger partial charge in [-0.3, -0.25) is 28.8 Å². The van der Waals surface area contributed by atoms with Crippen molar-refractivity contribution in [3.8, 4) is 23.0 Å². The molecule has 5 rings (SSSR count). The van der Waals surface area contributed by atoms with Crippen molar-refractivity contribution in [2.75, 3.05) is 13.1 Å². The van der Waals surface area contributed by atoms with Gasteiger partial charge in [0.1, 0.15) is 0 Å². The molecule has 0 amide bonds. The maximum Gasteiger partial charge on any atom is 0.314 e. The minimum atomic E-state index is -0.953. The van der Waals surface area contributed by atoms with Crippen LogP contribution in [0.3, 0.4) is 0 Å². The lowest BCUT2D eigenvalue weighted by Crippen LogP contribution is -2.34. The molecule has 0 atom stereocenters. The molecule has 0 radical (unpaired) electrons. The molecule has 0 saturated carbocycles. The number of ether oxygens (including phenoxy) is 1. The predicted molar refractivity (Wildman–Crippen MR) is 165 cm³/mol. The number of phenolic OH excluding ortho intramolecular Hbond substituents is 3. The number of nitrogens with one attached hydrogen (secondary N) is 1. The molecule has 1 aliphatic heterocycles. The quantitative estimate of drug-likeness (QED) is 0.148. The molecule has 0 aromatic heterocycles. The number of carbonyl (C=O) groups excluding carboxylic acids is 6. The summed E-state index contributed by atoms with van der Waals surface area (Å²) in [5, 5.41) is 35.6. The van der Waals surface area contributed by atoms with Crippen LogP contribution in [-0.4, -0.2) is 63.8 Å². The lowest BCUT2D eigenvalue weighted by Gasteiger charge is -2.30. The largest absolute Gasteiger partial charge is 0.504 e. The van der Waals surface area contributed by atoms with Crippen LogP contribution in [0.5, 0.6) is 23.0 Å². The second-order valence-electron chi connectivity index (χ2n) is 12.5. The number of allylic oxidation sites excluding steroid dienone is 4. The topological polar surface area (TPSA) is 184 Å². The first-order valence-corrected chi connectivity index (χ1v) is 15.2. The molecule has 1 saturated heterocycles. The van der Waals surface area contributed by atoms with E-state index >= 15 is 0 Å². The first kappa shape index (κ1) is 32.5. The van der Waals surface area contributed by atoms with Crippen LogP contribution in [0.1, 0.15) is 129 Å². The predicted octanol–water partition coefficient (Wildman–Crippen LogP) is 4.86. The van der Waals surface area contributed by atoms with Gasteiger partial charge in [-0.1, -0.05) is 27.7 Å². The molecule has 0 unspecified atom stereocenters. The average Bonchev–Trinajstić information content (AvgIpc) is 3.01. The molecule has 2 aliphatic carbocycles. The SMILES string of the molecule is CC1=C(C2=C(C)C(=O)c3c(c(C=O)c(O)c(O)c3C(C)C)C2=O)C(=O)c2cc(O)c(OC(=O)C3CCNCC3)c(C(C)C)c2C1=O. The number of aldehydes is 1. The highest BCUT2D eigenvalue weighted by Gasteiger charge is 2.44. The fourth-order valence-electron chi connectivity index (χ4n) is 6.71. The lowest BCUT2D eigenvalue weighted by atomic mass is 9.71. The molecular weight excluding hydrogens is 594 g/mol. The van der Waals surface area contributed by atoms with Crippen molar-refractivity contribution in [2.45, 2.75) is 66.2 Å². The number of hydrogen-bond acceptors (Lipinski definition) is 11. The van der Waals surface area contributed by atoms with E-state index in [0.717, 1.165) is 6.07 Å². The highest BCUT2D eigenvalue weighted by atomic mass is 16.5. The molecule has 3 aliphatic rings. The van der Waals surface area contributed by atoms with Gasteiger partial charge in [0.05, 0.1) is 11.5 Å². The van der Waals surface area contributed by atoms with Gasteiger partial charge in [0.25, 0.3) is 0 Å². The van der Waals surface area contributed by atoms with E-state index in [2.05, 4.69) is 5.32 Å². The molecule has 4 N–H and O–H groups in total. The van der Waals surface area contributed by atoms with E-state index in [9.17, 15) is 44.1 Å². The number of rotatable bonds is 6. The van der Waals surface area contributed by atoms with Gasteiger partial charge in [0.2, 0.25) is 0 Å². The number of benzene rings is 2. The summed E-state index contributed by atoms with van der Waals surface area (Å²) in [5.41, 5.74) is -2.73. The second kappa shape index (κ2) is 11.8. The van der Waals surface area contributed by atoms with Crippen molar-refractivity contribution in [1.29, 1.82) is 0 Å². The lowest BCUT2D eigenvalue weighted by molar-refractivity contribution is -0.139.